The number of hydrogen-bond donors (Lipinski definition) is 1. The number of benzene rings is 2. The zero-order valence-corrected chi connectivity index (χ0v) is 14.5. The van der Waals surface area contributed by atoms with Gasteiger partial charge in [-0.15, -0.1) is 0 Å². The Kier molecular flexibility index (Phi) is 5.22. The summed E-state index contributed by atoms with van der Waals surface area (Å²) >= 11 is 0. The maximum absolute atomic E-state index is 13.7. The molecule has 0 aliphatic carbocycles. The Morgan fingerprint density at radius 2 is 1.62 bits per heavy atom. The maximum atomic E-state index is 13.7. The first-order chi connectivity index (χ1) is 12.5. The lowest BCUT2D eigenvalue weighted by Crippen LogP contribution is -2.18. The fraction of sp³-hybridized carbons (Fsp3) is 0.150. The van der Waals surface area contributed by atoms with Gasteiger partial charge in [-0.25, -0.2) is 4.39 Å². The molecule has 1 N–H and O–H groups in total. The first kappa shape index (κ1) is 17.5. The van der Waals surface area contributed by atoms with Gasteiger partial charge in [0.25, 0.3) is 0 Å². The van der Waals surface area contributed by atoms with E-state index in [4.69, 9.17) is 4.74 Å². The van der Waals surface area contributed by atoms with Crippen molar-refractivity contribution >= 4 is 11.6 Å². The van der Waals surface area contributed by atoms with Crippen LogP contribution in [-0.2, 0) is 11.2 Å². The topological polar surface area (TPSA) is 64.1 Å². The molecule has 0 atom stereocenters. The third kappa shape index (κ3) is 4.22. The summed E-state index contributed by atoms with van der Waals surface area (Å²) in [7, 11) is 0. The van der Waals surface area contributed by atoms with Crippen LogP contribution in [0.4, 0.5) is 10.1 Å². The van der Waals surface area contributed by atoms with Gasteiger partial charge in [0.15, 0.2) is 0 Å². The number of amides is 1. The van der Waals surface area contributed by atoms with Gasteiger partial charge in [0, 0.05) is 0 Å². The Labute approximate surface area is 150 Å². The van der Waals surface area contributed by atoms with Crippen molar-refractivity contribution in [2.75, 3.05) is 5.32 Å². The fourth-order valence-electron chi connectivity index (χ4n) is 2.50. The molecule has 1 heterocycles. The monoisotopic (exact) mass is 351 g/mol. The highest BCUT2D eigenvalue weighted by atomic mass is 19.1. The summed E-state index contributed by atoms with van der Waals surface area (Å²) in [6, 6.07) is 15.6. The number of para-hydroxylation sites is 1. The largest absolute Gasteiger partial charge is 0.424 e. The zero-order chi connectivity index (χ0) is 18.5. The lowest BCUT2D eigenvalue weighted by molar-refractivity contribution is -0.115. The molecule has 0 saturated heterocycles. The molecule has 0 radical (unpaired) electrons. The first-order valence-corrected chi connectivity index (χ1v) is 8.14. The molecule has 0 aliphatic rings. The molecule has 0 unspecified atom stereocenters. The van der Waals surface area contributed by atoms with E-state index >= 15 is 0 Å². The highest BCUT2D eigenvalue weighted by Crippen LogP contribution is 2.23. The van der Waals surface area contributed by atoms with Gasteiger partial charge in [-0.2, -0.15) is 9.97 Å². The molecule has 0 bridgehead atoms. The number of aryl methyl sites for hydroxylation is 2. The number of carbonyl (C=O) groups excluding carboxylic acids is 1. The summed E-state index contributed by atoms with van der Waals surface area (Å²) in [5.41, 5.74) is 1.99. The van der Waals surface area contributed by atoms with Crippen LogP contribution < -0.4 is 10.1 Å². The van der Waals surface area contributed by atoms with Crippen molar-refractivity contribution in [1.29, 1.82) is 0 Å². The number of aromatic nitrogens is 2. The molecule has 3 rings (SSSR count). The van der Waals surface area contributed by atoms with E-state index < -0.39 is 5.82 Å². The number of anilines is 1. The van der Waals surface area contributed by atoms with Crippen molar-refractivity contribution < 1.29 is 13.9 Å². The zero-order valence-electron chi connectivity index (χ0n) is 14.5. The second-order valence-corrected chi connectivity index (χ2v) is 5.78. The lowest BCUT2D eigenvalue weighted by Gasteiger charge is -2.12. The predicted octanol–water partition coefficient (Wildman–Crippen LogP) is 4.21. The van der Waals surface area contributed by atoms with Crippen molar-refractivity contribution in [3.05, 3.63) is 77.4 Å². The van der Waals surface area contributed by atoms with E-state index in [0.29, 0.717) is 28.4 Å². The molecular formula is C20H18FN3O2. The van der Waals surface area contributed by atoms with E-state index in [9.17, 15) is 9.18 Å². The van der Waals surface area contributed by atoms with Gasteiger partial charge in [-0.05, 0) is 37.6 Å². The van der Waals surface area contributed by atoms with Gasteiger partial charge < -0.3 is 10.1 Å². The SMILES string of the molecule is Cc1nc(Oc2ccccc2)nc(C)c1NC(=O)Cc1ccccc1F. The van der Waals surface area contributed by atoms with Crippen LogP contribution >= 0.6 is 0 Å². The summed E-state index contributed by atoms with van der Waals surface area (Å²) in [6.07, 6.45) is -0.0617. The van der Waals surface area contributed by atoms with Crippen molar-refractivity contribution in [3.8, 4) is 11.8 Å². The van der Waals surface area contributed by atoms with E-state index in [1.54, 1.807) is 44.2 Å². The lowest BCUT2D eigenvalue weighted by atomic mass is 10.1. The molecule has 1 amide bonds. The number of nitrogens with one attached hydrogen (secondary N) is 1. The fourth-order valence-corrected chi connectivity index (χ4v) is 2.50. The Morgan fingerprint density at radius 1 is 1.00 bits per heavy atom. The summed E-state index contributed by atoms with van der Waals surface area (Å²) in [5.74, 6) is -0.108. The summed E-state index contributed by atoms with van der Waals surface area (Å²) in [4.78, 5) is 20.8. The molecule has 0 saturated carbocycles. The van der Waals surface area contributed by atoms with Crippen LogP contribution in [0.25, 0.3) is 0 Å². The smallest absolute Gasteiger partial charge is 0.322 e. The third-order valence-corrected chi connectivity index (χ3v) is 3.78. The van der Waals surface area contributed by atoms with Crippen LogP contribution in [0.15, 0.2) is 54.6 Å². The Bertz CT molecular complexity index is 906. The summed E-state index contributed by atoms with van der Waals surface area (Å²) in [6.45, 7) is 3.51. The van der Waals surface area contributed by atoms with Crippen LogP contribution in [0, 0.1) is 19.7 Å². The molecular weight excluding hydrogens is 333 g/mol. The van der Waals surface area contributed by atoms with Crippen molar-refractivity contribution in [2.24, 2.45) is 0 Å². The average Bonchev–Trinajstić information content (AvgIpc) is 2.61. The number of carbonyl (C=O) groups is 1. The van der Waals surface area contributed by atoms with Crippen LogP contribution in [0.5, 0.6) is 11.8 Å². The normalized spacial score (nSPS) is 10.4. The van der Waals surface area contributed by atoms with Gasteiger partial charge in [-0.3, -0.25) is 4.79 Å². The van der Waals surface area contributed by atoms with Crippen LogP contribution in [0.3, 0.4) is 0 Å². The molecule has 0 fully saturated rings. The van der Waals surface area contributed by atoms with E-state index in [1.807, 2.05) is 18.2 Å². The summed E-state index contributed by atoms with van der Waals surface area (Å²) < 4.78 is 19.3. The Hall–Kier alpha value is -3.28. The Morgan fingerprint density at radius 3 is 2.27 bits per heavy atom. The predicted molar refractivity (Wildman–Crippen MR) is 96.8 cm³/mol. The van der Waals surface area contributed by atoms with Gasteiger partial charge in [-0.1, -0.05) is 36.4 Å². The number of halogens is 1. The van der Waals surface area contributed by atoms with E-state index in [2.05, 4.69) is 15.3 Å². The molecule has 0 spiro atoms. The molecule has 132 valence electrons. The van der Waals surface area contributed by atoms with Crippen LogP contribution in [0.2, 0.25) is 0 Å². The second kappa shape index (κ2) is 7.74. The minimum atomic E-state index is -0.404. The molecule has 2 aromatic carbocycles. The van der Waals surface area contributed by atoms with Crippen molar-refractivity contribution in [3.63, 3.8) is 0 Å². The number of rotatable bonds is 5. The molecule has 3 aromatic rings. The molecule has 1 aromatic heterocycles. The molecule has 0 aliphatic heterocycles. The molecule has 6 heteroatoms. The number of hydrogen-bond acceptors (Lipinski definition) is 4. The van der Waals surface area contributed by atoms with E-state index in [0.717, 1.165) is 0 Å². The van der Waals surface area contributed by atoms with E-state index in [-0.39, 0.29) is 18.3 Å². The molecule has 26 heavy (non-hydrogen) atoms. The van der Waals surface area contributed by atoms with Gasteiger partial charge in [0.05, 0.1) is 23.5 Å². The molecule has 5 nitrogen and oxygen atoms in total. The minimum Gasteiger partial charge on any atom is -0.424 e. The standard InChI is InChI=1S/C20H18FN3O2/c1-13-19(24-18(25)12-15-8-6-7-11-17(15)21)14(2)23-20(22-13)26-16-9-4-3-5-10-16/h3-11H,12H2,1-2H3,(H,24,25). The van der Waals surface area contributed by atoms with E-state index in [1.165, 1.54) is 6.07 Å². The van der Waals surface area contributed by atoms with Gasteiger partial charge >= 0.3 is 6.01 Å². The van der Waals surface area contributed by atoms with Crippen LogP contribution in [-0.4, -0.2) is 15.9 Å². The van der Waals surface area contributed by atoms with Gasteiger partial charge in [0.1, 0.15) is 11.6 Å². The maximum Gasteiger partial charge on any atom is 0.322 e. The first-order valence-electron chi connectivity index (χ1n) is 8.14. The summed E-state index contributed by atoms with van der Waals surface area (Å²) in [5, 5.41) is 2.76. The highest BCUT2D eigenvalue weighted by molar-refractivity contribution is 5.93. The second-order valence-electron chi connectivity index (χ2n) is 5.78. The highest BCUT2D eigenvalue weighted by Gasteiger charge is 2.14. The van der Waals surface area contributed by atoms with Gasteiger partial charge in [0.2, 0.25) is 5.91 Å². The Balaban J connectivity index is 1.74. The van der Waals surface area contributed by atoms with Crippen molar-refractivity contribution in [1.82, 2.24) is 9.97 Å². The third-order valence-electron chi connectivity index (χ3n) is 3.78. The number of ether oxygens (including phenoxy) is 1. The van der Waals surface area contributed by atoms with Crippen LogP contribution in [0.1, 0.15) is 17.0 Å². The minimum absolute atomic E-state index is 0.0617. The van der Waals surface area contributed by atoms with Crippen molar-refractivity contribution in [2.45, 2.75) is 20.3 Å². The average molecular weight is 351 g/mol. The quantitative estimate of drug-likeness (QED) is 0.748. The number of nitrogens with zero attached hydrogens (tertiary/aromatic N) is 2.